The van der Waals surface area contributed by atoms with Crippen LogP contribution in [0.5, 0.6) is 0 Å². The molecule has 34 heavy (non-hydrogen) atoms. The molecule has 1 aliphatic rings. The van der Waals surface area contributed by atoms with Crippen LogP contribution in [0.2, 0.25) is 5.02 Å². The fourth-order valence-electron chi connectivity index (χ4n) is 4.17. The molecule has 0 spiro atoms. The standard InChI is InChI=1S/C24H31ClN6O2S/c1-15(2)29-8-10-30(11-9-29)34(33)19-6-7-21(17(5)12-19)27-24-26-14-18-13-20(25)23(32)31(16(3)4)22(18)28-24/h6-7,12-16H,8-11H2,1-5H3,(H,26,27,28). The fraction of sp³-hybridized carbons (Fsp3) is 0.458. The van der Waals surface area contributed by atoms with Crippen molar-refractivity contribution in [1.29, 1.82) is 0 Å². The molecule has 1 aliphatic heterocycles. The Hall–Kier alpha value is -2.33. The maximum absolute atomic E-state index is 13.1. The Balaban J connectivity index is 1.55. The minimum Gasteiger partial charge on any atom is -0.324 e. The van der Waals surface area contributed by atoms with E-state index in [1.165, 1.54) is 0 Å². The van der Waals surface area contributed by atoms with Gasteiger partial charge in [0.15, 0.2) is 0 Å². The zero-order valence-electron chi connectivity index (χ0n) is 20.2. The molecular formula is C24H31ClN6O2S. The van der Waals surface area contributed by atoms with Crippen molar-refractivity contribution < 1.29 is 4.21 Å². The van der Waals surface area contributed by atoms with Gasteiger partial charge in [-0.3, -0.25) is 14.3 Å². The van der Waals surface area contributed by atoms with E-state index in [0.717, 1.165) is 42.3 Å². The lowest BCUT2D eigenvalue weighted by Crippen LogP contribution is -2.49. The largest absolute Gasteiger partial charge is 0.324 e. The first-order valence-electron chi connectivity index (χ1n) is 11.5. The molecule has 1 fully saturated rings. The van der Waals surface area contributed by atoms with Crippen LogP contribution < -0.4 is 10.9 Å². The van der Waals surface area contributed by atoms with Gasteiger partial charge >= 0.3 is 0 Å². The Labute approximate surface area is 207 Å². The molecule has 0 saturated carbocycles. The quantitative estimate of drug-likeness (QED) is 0.545. The summed E-state index contributed by atoms with van der Waals surface area (Å²) in [7, 11) is -1.20. The van der Waals surface area contributed by atoms with E-state index < -0.39 is 11.0 Å². The predicted octanol–water partition coefficient (Wildman–Crippen LogP) is 4.13. The van der Waals surface area contributed by atoms with E-state index in [-0.39, 0.29) is 16.6 Å². The van der Waals surface area contributed by atoms with Crippen LogP contribution in [-0.2, 0) is 11.0 Å². The van der Waals surface area contributed by atoms with Gasteiger partial charge in [0.2, 0.25) is 5.95 Å². The van der Waals surface area contributed by atoms with Crippen molar-refractivity contribution in [1.82, 2.24) is 23.7 Å². The van der Waals surface area contributed by atoms with Gasteiger partial charge in [-0.2, -0.15) is 4.98 Å². The summed E-state index contributed by atoms with van der Waals surface area (Å²) in [4.78, 5) is 24.7. The van der Waals surface area contributed by atoms with Gasteiger partial charge in [0.25, 0.3) is 5.56 Å². The molecule has 1 saturated heterocycles. The molecular weight excluding hydrogens is 472 g/mol. The minimum absolute atomic E-state index is 0.102. The number of anilines is 2. The molecule has 0 radical (unpaired) electrons. The van der Waals surface area contributed by atoms with E-state index in [1.54, 1.807) is 16.8 Å². The van der Waals surface area contributed by atoms with Gasteiger partial charge in [0, 0.05) is 55.5 Å². The molecule has 3 heterocycles. The summed E-state index contributed by atoms with van der Waals surface area (Å²) in [5, 5.41) is 4.09. The number of rotatable bonds is 6. The highest BCUT2D eigenvalue weighted by atomic mass is 35.5. The summed E-state index contributed by atoms with van der Waals surface area (Å²) in [6, 6.07) is 7.72. The minimum atomic E-state index is -1.20. The second-order valence-corrected chi connectivity index (χ2v) is 11.0. The van der Waals surface area contributed by atoms with Gasteiger partial charge in [-0.05, 0) is 64.4 Å². The van der Waals surface area contributed by atoms with Crippen LogP contribution in [0.4, 0.5) is 11.6 Å². The van der Waals surface area contributed by atoms with E-state index in [1.807, 2.05) is 43.3 Å². The number of pyridine rings is 1. The average Bonchev–Trinajstić information content (AvgIpc) is 2.80. The molecule has 10 heteroatoms. The summed E-state index contributed by atoms with van der Waals surface area (Å²) in [6.45, 7) is 13.6. The molecule has 182 valence electrons. The zero-order chi connectivity index (χ0) is 24.6. The average molecular weight is 503 g/mol. The Morgan fingerprint density at radius 1 is 1.06 bits per heavy atom. The summed E-state index contributed by atoms with van der Waals surface area (Å²) in [5.74, 6) is 0.380. The predicted molar refractivity (Wildman–Crippen MR) is 138 cm³/mol. The SMILES string of the molecule is Cc1cc(S(=O)N2CCN(C(C)C)CC2)ccc1Nc1ncc2cc(Cl)c(=O)n(C(C)C)c2n1. The molecule has 3 aromatic rings. The number of aromatic nitrogens is 3. The van der Waals surface area contributed by atoms with E-state index in [2.05, 4.69) is 34.0 Å². The fourth-order valence-corrected chi connectivity index (χ4v) is 5.63. The van der Waals surface area contributed by atoms with Crippen LogP contribution in [0.3, 0.4) is 0 Å². The number of benzene rings is 1. The van der Waals surface area contributed by atoms with Crippen LogP contribution >= 0.6 is 11.6 Å². The van der Waals surface area contributed by atoms with Crippen molar-refractivity contribution in [2.75, 3.05) is 31.5 Å². The van der Waals surface area contributed by atoms with E-state index in [4.69, 9.17) is 11.6 Å². The lowest BCUT2D eigenvalue weighted by Gasteiger charge is -2.36. The van der Waals surface area contributed by atoms with Crippen LogP contribution in [0.15, 0.2) is 40.2 Å². The van der Waals surface area contributed by atoms with Crippen LogP contribution in [0.25, 0.3) is 11.0 Å². The first-order valence-corrected chi connectivity index (χ1v) is 13.0. The Morgan fingerprint density at radius 2 is 1.76 bits per heavy atom. The van der Waals surface area contributed by atoms with Crippen molar-refractivity contribution in [3.63, 3.8) is 0 Å². The Kier molecular flexibility index (Phi) is 7.37. The molecule has 1 aromatic carbocycles. The van der Waals surface area contributed by atoms with E-state index in [9.17, 15) is 9.00 Å². The topological polar surface area (TPSA) is 83.4 Å². The smallest absolute Gasteiger partial charge is 0.271 e. The number of halogens is 1. The molecule has 1 atom stereocenters. The lowest BCUT2D eigenvalue weighted by atomic mass is 10.2. The zero-order valence-corrected chi connectivity index (χ0v) is 21.8. The second-order valence-electron chi connectivity index (χ2n) is 9.14. The normalized spacial score (nSPS) is 16.5. The molecule has 2 aromatic heterocycles. The number of hydrogen-bond acceptors (Lipinski definition) is 6. The summed E-state index contributed by atoms with van der Waals surface area (Å²) in [5.41, 5.74) is 2.01. The van der Waals surface area contributed by atoms with E-state index >= 15 is 0 Å². The van der Waals surface area contributed by atoms with Crippen molar-refractivity contribution >= 4 is 45.3 Å². The van der Waals surface area contributed by atoms with Gasteiger partial charge < -0.3 is 5.32 Å². The van der Waals surface area contributed by atoms with Gasteiger partial charge in [0.05, 0.1) is 4.90 Å². The van der Waals surface area contributed by atoms with Crippen molar-refractivity contribution in [3.05, 3.63) is 51.4 Å². The molecule has 0 aliphatic carbocycles. The van der Waals surface area contributed by atoms with Crippen LogP contribution in [0, 0.1) is 6.92 Å². The molecule has 1 N–H and O–H groups in total. The number of piperazine rings is 1. The van der Waals surface area contributed by atoms with E-state index in [0.29, 0.717) is 23.0 Å². The highest BCUT2D eigenvalue weighted by Crippen LogP contribution is 2.25. The van der Waals surface area contributed by atoms with Crippen molar-refractivity contribution in [2.24, 2.45) is 0 Å². The maximum Gasteiger partial charge on any atom is 0.271 e. The monoisotopic (exact) mass is 502 g/mol. The number of nitrogens with zero attached hydrogens (tertiary/aromatic N) is 5. The third-order valence-corrected chi connectivity index (χ3v) is 7.89. The highest BCUT2D eigenvalue weighted by Gasteiger charge is 2.23. The third-order valence-electron chi connectivity index (χ3n) is 6.13. The number of aryl methyl sites for hydroxylation is 1. The molecule has 0 bridgehead atoms. The first-order chi connectivity index (χ1) is 16.2. The van der Waals surface area contributed by atoms with Gasteiger partial charge in [-0.1, -0.05) is 11.6 Å². The van der Waals surface area contributed by atoms with Gasteiger partial charge in [0.1, 0.15) is 21.7 Å². The van der Waals surface area contributed by atoms with Gasteiger partial charge in [-0.25, -0.2) is 13.5 Å². The third kappa shape index (κ3) is 5.02. The van der Waals surface area contributed by atoms with Crippen LogP contribution in [0.1, 0.15) is 39.3 Å². The number of fused-ring (bicyclic) bond motifs is 1. The Morgan fingerprint density at radius 3 is 2.38 bits per heavy atom. The summed E-state index contributed by atoms with van der Waals surface area (Å²) >= 11 is 6.11. The lowest BCUT2D eigenvalue weighted by molar-refractivity contribution is 0.157. The molecule has 4 rings (SSSR count). The second kappa shape index (κ2) is 10.1. The summed E-state index contributed by atoms with van der Waals surface area (Å²) < 4.78 is 16.7. The molecule has 1 unspecified atom stereocenters. The number of hydrogen-bond donors (Lipinski definition) is 1. The Bertz CT molecular complexity index is 1280. The van der Waals surface area contributed by atoms with Gasteiger partial charge in [-0.15, -0.1) is 0 Å². The highest BCUT2D eigenvalue weighted by molar-refractivity contribution is 7.82. The van der Waals surface area contributed by atoms with Crippen molar-refractivity contribution in [3.8, 4) is 0 Å². The van der Waals surface area contributed by atoms with Crippen molar-refractivity contribution in [2.45, 2.75) is 51.6 Å². The molecule has 8 nitrogen and oxygen atoms in total. The first kappa shape index (κ1) is 24.8. The maximum atomic E-state index is 13.1. The summed E-state index contributed by atoms with van der Waals surface area (Å²) in [6.07, 6.45) is 1.66. The number of nitrogens with one attached hydrogen (secondary N) is 1. The van der Waals surface area contributed by atoms with Crippen LogP contribution in [-0.4, -0.2) is 60.2 Å². The molecule has 0 amide bonds.